The van der Waals surface area contributed by atoms with Crippen LogP contribution in [0.4, 0.5) is 0 Å². The van der Waals surface area contributed by atoms with Crippen LogP contribution in [0.25, 0.3) is 0 Å². The first-order valence-corrected chi connectivity index (χ1v) is 7.57. The third-order valence-electron chi connectivity index (χ3n) is 3.54. The molecule has 2 heterocycles. The molecule has 1 aliphatic carbocycles. The van der Waals surface area contributed by atoms with E-state index in [1.807, 2.05) is 5.38 Å². The molecule has 0 aliphatic heterocycles. The fourth-order valence-electron chi connectivity index (χ4n) is 2.51. The van der Waals surface area contributed by atoms with Crippen molar-refractivity contribution in [1.82, 2.24) is 15.3 Å². The molecule has 0 fully saturated rings. The summed E-state index contributed by atoms with van der Waals surface area (Å²) in [5.74, 6) is 0.0684. The molecule has 0 unspecified atom stereocenters. The van der Waals surface area contributed by atoms with Gasteiger partial charge in [-0.1, -0.05) is 0 Å². The number of fused-ring (bicyclic) bond motifs is 1. The van der Waals surface area contributed by atoms with Gasteiger partial charge in [0.15, 0.2) is 0 Å². The van der Waals surface area contributed by atoms with E-state index in [9.17, 15) is 4.79 Å². The molecule has 0 radical (unpaired) electrons. The standard InChI is InChI=1S/C14H17N3OS/c18-14(16-6-5-10-7-15-9-17-10)12-8-19-13-4-2-1-3-11(12)13/h7-9H,1-6H2,(H,15,17)(H,16,18). The molecule has 2 N–H and O–H groups in total. The van der Waals surface area contributed by atoms with Crippen molar-refractivity contribution in [1.29, 1.82) is 0 Å². The van der Waals surface area contributed by atoms with Crippen molar-refractivity contribution in [2.75, 3.05) is 6.54 Å². The van der Waals surface area contributed by atoms with Crippen molar-refractivity contribution in [2.24, 2.45) is 0 Å². The van der Waals surface area contributed by atoms with Gasteiger partial charge in [-0.3, -0.25) is 4.79 Å². The van der Waals surface area contributed by atoms with E-state index in [2.05, 4.69) is 15.3 Å². The summed E-state index contributed by atoms with van der Waals surface area (Å²) in [6.07, 6.45) is 8.90. The van der Waals surface area contributed by atoms with E-state index in [4.69, 9.17) is 0 Å². The normalized spacial score (nSPS) is 14.1. The van der Waals surface area contributed by atoms with E-state index >= 15 is 0 Å². The van der Waals surface area contributed by atoms with Gasteiger partial charge in [0.1, 0.15) is 0 Å². The quantitative estimate of drug-likeness (QED) is 0.899. The largest absolute Gasteiger partial charge is 0.352 e. The third kappa shape index (κ3) is 2.71. The number of thiophene rings is 1. The maximum Gasteiger partial charge on any atom is 0.252 e. The molecule has 4 nitrogen and oxygen atoms in total. The Bertz CT molecular complexity index is 559. The van der Waals surface area contributed by atoms with E-state index < -0.39 is 0 Å². The number of aromatic amines is 1. The van der Waals surface area contributed by atoms with Gasteiger partial charge < -0.3 is 10.3 Å². The average molecular weight is 275 g/mol. The van der Waals surface area contributed by atoms with Gasteiger partial charge in [0.05, 0.1) is 11.9 Å². The summed E-state index contributed by atoms with van der Waals surface area (Å²) in [5.41, 5.74) is 3.23. The zero-order chi connectivity index (χ0) is 13.1. The highest BCUT2D eigenvalue weighted by Gasteiger charge is 2.19. The lowest BCUT2D eigenvalue weighted by molar-refractivity contribution is 0.0953. The number of aromatic nitrogens is 2. The Balaban J connectivity index is 1.59. The molecular weight excluding hydrogens is 258 g/mol. The molecule has 2 aromatic heterocycles. The van der Waals surface area contributed by atoms with Crippen LogP contribution in [0, 0.1) is 0 Å². The van der Waals surface area contributed by atoms with Gasteiger partial charge >= 0.3 is 0 Å². The van der Waals surface area contributed by atoms with Gasteiger partial charge in [-0.2, -0.15) is 0 Å². The Labute approximate surface area is 116 Å². The number of carbonyl (C=O) groups is 1. The second-order valence-corrected chi connectivity index (χ2v) is 5.81. The number of amides is 1. The summed E-state index contributed by atoms with van der Waals surface area (Å²) in [7, 11) is 0. The molecular formula is C14H17N3OS. The minimum absolute atomic E-state index is 0.0684. The Hall–Kier alpha value is -1.62. The number of hydrogen-bond donors (Lipinski definition) is 2. The minimum atomic E-state index is 0.0684. The molecule has 0 saturated heterocycles. The molecule has 100 valence electrons. The van der Waals surface area contributed by atoms with Crippen LogP contribution in [-0.2, 0) is 19.3 Å². The van der Waals surface area contributed by atoms with Crippen LogP contribution in [0.15, 0.2) is 17.9 Å². The molecule has 0 saturated carbocycles. The molecule has 0 bridgehead atoms. The number of aryl methyl sites for hydroxylation is 1. The lowest BCUT2D eigenvalue weighted by Gasteiger charge is -2.12. The first-order chi connectivity index (χ1) is 9.34. The van der Waals surface area contributed by atoms with Crippen LogP contribution < -0.4 is 5.32 Å². The number of nitrogens with one attached hydrogen (secondary N) is 2. The summed E-state index contributed by atoms with van der Waals surface area (Å²) >= 11 is 1.73. The van der Waals surface area contributed by atoms with Gasteiger partial charge in [0.25, 0.3) is 5.91 Å². The summed E-state index contributed by atoms with van der Waals surface area (Å²) in [5, 5.41) is 5.01. The maximum atomic E-state index is 12.2. The van der Waals surface area contributed by atoms with E-state index in [1.54, 1.807) is 23.9 Å². The number of hydrogen-bond acceptors (Lipinski definition) is 3. The summed E-state index contributed by atoms with van der Waals surface area (Å²) in [6.45, 7) is 0.644. The van der Waals surface area contributed by atoms with Crippen LogP contribution in [0.5, 0.6) is 0 Å². The Morgan fingerprint density at radius 1 is 1.42 bits per heavy atom. The van der Waals surface area contributed by atoms with E-state index in [-0.39, 0.29) is 5.91 Å². The van der Waals surface area contributed by atoms with Gasteiger partial charge in [-0.25, -0.2) is 4.98 Å². The van der Waals surface area contributed by atoms with Crippen LogP contribution in [0.2, 0.25) is 0 Å². The van der Waals surface area contributed by atoms with Crippen molar-refractivity contribution in [3.8, 4) is 0 Å². The number of nitrogens with zero attached hydrogens (tertiary/aromatic N) is 1. The Kier molecular flexibility index (Phi) is 3.64. The van der Waals surface area contributed by atoms with Crippen molar-refractivity contribution >= 4 is 17.2 Å². The SMILES string of the molecule is O=C(NCCc1cnc[nH]1)c1csc2c1CCCC2. The molecule has 0 spiro atoms. The average Bonchev–Trinajstić information content (AvgIpc) is 3.07. The smallest absolute Gasteiger partial charge is 0.252 e. The number of rotatable bonds is 4. The molecule has 1 amide bonds. The van der Waals surface area contributed by atoms with Crippen molar-refractivity contribution < 1.29 is 4.79 Å². The summed E-state index contributed by atoms with van der Waals surface area (Å²) in [6, 6.07) is 0. The van der Waals surface area contributed by atoms with E-state index in [1.165, 1.54) is 23.3 Å². The maximum absolute atomic E-state index is 12.2. The number of imidazole rings is 1. The first-order valence-electron chi connectivity index (χ1n) is 6.69. The highest BCUT2D eigenvalue weighted by molar-refractivity contribution is 7.10. The first kappa shape index (κ1) is 12.4. The molecule has 3 rings (SSSR count). The highest BCUT2D eigenvalue weighted by atomic mass is 32.1. The molecule has 0 atom stereocenters. The molecule has 5 heteroatoms. The van der Waals surface area contributed by atoms with Crippen LogP contribution >= 0.6 is 11.3 Å². The van der Waals surface area contributed by atoms with Gasteiger partial charge in [0, 0.05) is 35.1 Å². The van der Waals surface area contributed by atoms with E-state index in [0.717, 1.165) is 30.5 Å². The molecule has 0 aromatic carbocycles. The van der Waals surface area contributed by atoms with Crippen molar-refractivity contribution in [3.63, 3.8) is 0 Å². The summed E-state index contributed by atoms with van der Waals surface area (Å²) in [4.78, 5) is 20.6. The predicted octanol–water partition coefficient (Wildman–Crippen LogP) is 2.32. The minimum Gasteiger partial charge on any atom is -0.352 e. The van der Waals surface area contributed by atoms with E-state index in [0.29, 0.717) is 6.54 Å². The second-order valence-electron chi connectivity index (χ2n) is 4.84. The highest BCUT2D eigenvalue weighted by Crippen LogP contribution is 2.30. The molecule has 19 heavy (non-hydrogen) atoms. The van der Waals surface area contributed by atoms with Gasteiger partial charge in [0.2, 0.25) is 0 Å². The lowest BCUT2D eigenvalue weighted by atomic mass is 9.95. The van der Waals surface area contributed by atoms with Crippen LogP contribution in [-0.4, -0.2) is 22.4 Å². The van der Waals surface area contributed by atoms with Gasteiger partial charge in [-0.15, -0.1) is 11.3 Å². The van der Waals surface area contributed by atoms with Crippen LogP contribution in [0.1, 0.15) is 39.3 Å². The Morgan fingerprint density at radius 3 is 3.16 bits per heavy atom. The van der Waals surface area contributed by atoms with Gasteiger partial charge in [-0.05, 0) is 31.2 Å². The topological polar surface area (TPSA) is 57.8 Å². The van der Waals surface area contributed by atoms with Crippen molar-refractivity contribution in [3.05, 3.63) is 39.6 Å². The van der Waals surface area contributed by atoms with Crippen LogP contribution in [0.3, 0.4) is 0 Å². The number of carbonyl (C=O) groups excluding carboxylic acids is 1. The fourth-order valence-corrected chi connectivity index (χ4v) is 3.64. The fraction of sp³-hybridized carbons (Fsp3) is 0.429. The predicted molar refractivity (Wildman–Crippen MR) is 75.6 cm³/mol. The monoisotopic (exact) mass is 275 g/mol. The third-order valence-corrected chi connectivity index (χ3v) is 4.63. The number of H-pyrrole nitrogens is 1. The molecule has 2 aromatic rings. The zero-order valence-corrected chi connectivity index (χ0v) is 11.6. The summed E-state index contributed by atoms with van der Waals surface area (Å²) < 4.78 is 0. The van der Waals surface area contributed by atoms with Crippen molar-refractivity contribution in [2.45, 2.75) is 32.1 Å². The Morgan fingerprint density at radius 2 is 2.32 bits per heavy atom. The second kappa shape index (κ2) is 5.57. The zero-order valence-electron chi connectivity index (χ0n) is 10.7. The lowest BCUT2D eigenvalue weighted by Crippen LogP contribution is -2.26. The molecule has 1 aliphatic rings.